The number of benzene rings is 2. The molecule has 3 rings (SSSR count). The number of ether oxygens (including phenoxy) is 1. The first-order valence-electron chi connectivity index (χ1n) is 9.62. The number of amides is 2. The lowest BCUT2D eigenvalue weighted by atomic mass is 10.2. The van der Waals surface area contributed by atoms with E-state index in [2.05, 4.69) is 9.71 Å². The van der Waals surface area contributed by atoms with Gasteiger partial charge in [-0.1, -0.05) is 48.2 Å². The van der Waals surface area contributed by atoms with Crippen molar-refractivity contribution in [3.05, 3.63) is 60.7 Å². The quantitative estimate of drug-likeness (QED) is 0.576. The van der Waals surface area contributed by atoms with Gasteiger partial charge in [0.15, 0.2) is 5.17 Å². The Labute approximate surface area is 185 Å². The highest BCUT2D eigenvalue weighted by atomic mass is 32.2. The molecule has 0 aromatic heterocycles. The number of carbonyl (C=O) groups excluding carboxylic acids is 2. The molecule has 1 N–H and O–H groups in total. The summed E-state index contributed by atoms with van der Waals surface area (Å²) in [5.74, 6) is -0.674. The van der Waals surface area contributed by atoms with Crippen LogP contribution < -0.4 is 5.32 Å². The molecular weight excluding hydrogens is 438 g/mol. The summed E-state index contributed by atoms with van der Waals surface area (Å²) in [6, 6.07) is 16.7. The molecule has 1 atom stereocenters. The van der Waals surface area contributed by atoms with Crippen LogP contribution in [0.15, 0.2) is 70.0 Å². The highest BCUT2D eigenvalue weighted by Crippen LogP contribution is 2.31. The highest BCUT2D eigenvalue weighted by Gasteiger charge is 2.40. The number of hydrogen-bond acceptors (Lipinski definition) is 6. The summed E-state index contributed by atoms with van der Waals surface area (Å²) in [5, 5.41) is 2.06. The first-order valence-corrected chi connectivity index (χ1v) is 11.9. The normalized spacial score (nSPS) is 17.8. The Bertz CT molecular complexity index is 1040. The lowest BCUT2D eigenvalue weighted by Gasteiger charge is -2.16. The fourth-order valence-electron chi connectivity index (χ4n) is 2.93. The van der Waals surface area contributed by atoms with Crippen molar-refractivity contribution >= 4 is 44.5 Å². The van der Waals surface area contributed by atoms with Crippen molar-refractivity contribution in [2.45, 2.75) is 23.0 Å². The average molecular weight is 462 g/mol. The third-order valence-electron chi connectivity index (χ3n) is 4.42. The van der Waals surface area contributed by atoms with Crippen LogP contribution in [-0.2, 0) is 24.3 Å². The smallest absolute Gasteiger partial charge is 0.284 e. The summed E-state index contributed by atoms with van der Waals surface area (Å²) in [6.07, 6.45) is 0.416. The molecule has 1 saturated heterocycles. The molecular formula is C21H23N3O5S2. The molecule has 0 radical (unpaired) electrons. The van der Waals surface area contributed by atoms with Crippen LogP contribution in [0.2, 0.25) is 0 Å². The number of methoxy groups -OCH3 is 1. The van der Waals surface area contributed by atoms with Gasteiger partial charge in [-0.15, -0.1) is 4.40 Å². The summed E-state index contributed by atoms with van der Waals surface area (Å²) < 4.78 is 34.3. The minimum Gasteiger partial charge on any atom is -0.385 e. The number of nitrogens with zero attached hydrogens (tertiary/aromatic N) is 2. The van der Waals surface area contributed by atoms with Gasteiger partial charge in [0.1, 0.15) is 5.25 Å². The SMILES string of the molecule is COCCCN1C(=O)C(CC(=O)Nc2ccccc2)SC1=NS(=O)(=O)c1ccccc1. The van der Waals surface area contributed by atoms with Gasteiger partial charge in [0.25, 0.3) is 10.0 Å². The van der Waals surface area contributed by atoms with Gasteiger partial charge in [0.2, 0.25) is 11.8 Å². The molecule has 0 saturated carbocycles. The Kier molecular flexibility index (Phi) is 7.83. The van der Waals surface area contributed by atoms with Gasteiger partial charge in [0, 0.05) is 32.4 Å². The number of thioether (sulfide) groups is 1. The van der Waals surface area contributed by atoms with Crippen LogP contribution >= 0.6 is 11.8 Å². The maximum Gasteiger partial charge on any atom is 0.284 e. The van der Waals surface area contributed by atoms with Gasteiger partial charge in [-0.2, -0.15) is 8.42 Å². The van der Waals surface area contributed by atoms with E-state index in [9.17, 15) is 18.0 Å². The zero-order valence-corrected chi connectivity index (χ0v) is 18.6. The molecule has 2 aromatic rings. The van der Waals surface area contributed by atoms with E-state index in [0.717, 1.165) is 11.8 Å². The predicted octanol–water partition coefficient (Wildman–Crippen LogP) is 2.74. The van der Waals surface area contributed by atoms with Crippen molar-refractivity contribution in [1.29, 1.82) is 0 Å². The number of carbonyl (C=O) groups is 2. The van der Waals surface area contributed by atoms with Gasteiger partial charge in [-0.25, -0.2) is 0 Å². The topological polar surface area (TPSA) is 105 Å². The third-order valence-corrected chi connectivity index (χ3v) is 6.99. The molecule has 0 aliphatic carbocycles. The first kappa shape index (κ1) is 23.0. The molecule has 2 amide bonds. The number of hydrogen-bond donors (Lipinski definition) is 1. The molecule has 8 nitrogen and oxygen atoms in total. The van der Waals surface area contributed by atoms with Gasteiger partial charge in [0.05, 0.1) is 4.90 Å². The molecule has 0 bridgehead atoms. The molecule has 164 valence electrons. The van der Waals surface area contributed by atoms with Crippen LogP contribution in [0.1, 0.15) is 12.8 Å². The Morgan fingerprint density at radius 3 is 2.42 bits per heavy atom. The Morgan fingerprint density at radius 1 is 1.13 bits per heavy atom. The van der Waals surface area contributed by atoms with Crippen LogP contribution in [0.25, 0.3) is 0 Å². The molecule has 1 unspecified atom stereocenters. The van der Waals surface area contributed by atoms with Crippen molar-refractivity contribution in [2.75, 3.05) is 25.6 Å². The van der Waals surface area contributed by atoms with E-state index in [-0.39, 0.29) is 34.8 Å². The van der Waals surface area contributed by atoms with E-state index in [0.29, 0.717) is 18.7 Å². The molecule has 31 heavy (non-hydrogen) atoms. The maximum absolute atomic E-state index is 12.9. The zero-order chi connectivity index (χ0) is 22.3. The summed E-state index contributed by atoms with van der Waals surface area (Å²) in [4.78, 5) is 26.7. The van der Waals surface area contributed by atoms with E-state index in [4.69, 9.17) is 4.74 Å². The standard InChI is InChI=1S/C21H23N3O5S2/c1-29-14-8-13-24-20(26)18(15-19(25)22-16-9-4-2-5-10-16)30-21(24)23-31(27,28)17-11-6-3-7-12-17/h2-7,9-12,18H,8,13-15H2,1H3,(H,22,25). The molecule has 0 spiro atoms. The summed E-state index contributed by atoms with van der Waals surface area (Å²) >= 11 is 0.991. The lowest BCUT2D eigenvalue weighted by Crippen LogP contribution is -2.35. The van der Waals surface area contributed by atoms with Crippen molar-refractivity contribution in [3.63, 3.8) is 0 Å². The van der Waals surface area contributed by atoms with Crippen molar-refractivity contribution in [2.24, 2.45) is 4.40 Å². The monoisotopic (exact) mass is 461 g/mol. The molecule has 10 heteroatoms. The zero-order valence-electron chi connectivity index (χ0n) is 16.9. The molecule has 1 aliphatic rings. The highest BCUT2D eigenvalue weighted by molar-refractivity contribution is 8.16. The van der Waals surface area contributed by atoms with Crippen LogP contribution in [0, 0.1) is 0 Å². The minimum atomic E-state index is -3.99. The van der Waals surface area contributed by atoms with E-state index in [1.807, 2.05) is 6.07 Å². The summed E-state index contributed by atoms with van der Waals surface area (Å²) in [6.45, 7) is 0.659. The summed E-state index contributed by atoms with van der Waals surface area (Å²) in [7, 11) is -2.44. The molecule has 2 aromatic carbocycles. The number of sulfonamides is 1. The number of rotatable bonds is 9. The van der Waals surface area contributed by atoms with E-state index < -0.39 is 15.3 Å². The van der Waals surface area contributed by atoms with Crippen LogP contribution in [0.4, 0.5) is 5.69 Å². The molecule has 1 aliphatic heterocycles. The van der Waals surface area contributed by atoms with E-state index >= 15 is 0 Å². The average Bonchev–Trinajstić information content (AvgIpc) is 3.03. The van der Waals surface area contributed by atoms with E-state index in [1.165, 1.54) is 17.0 Å². The minimum absolute atomic E-state index is 0.0395. The second-order valence-electron chi connectivity index (χ2n) is 6.72. The Morgan fingerprint density at radius 2 is 1.77 bits per heavy atom. The van der Waals surface area contributed by atoms with Crippen molar-refractivity contribution < 1.29 is 22.7 Å². The fourth-order valence-corrected chi connectivity index (χ4v) is 5.33. The van der Waals surface area contributed by atoms with Crippen molar-refractivity contribution in [3.8, 4) is 0 Å². The number of nitrogens with one attached hydrogen (secondary N) is 1. The Balaban J connectivity index is 1.78. The van der Waals surface area contributed by atoms with Gasteiger partial charge in [-0.05, 0) is 30.7 Å². The third kappa shape index (κ3) is 6.16. The van der Waals surface area contributed by atoms with Gasteiger partial charge < -0.3 is 10.1 Å². The lowest BCUT2D eigenvalue weighted by molar-refractivity contribution is -0.128. The first-order chi connectivity index (χ1) is 14.9. The van der Waals surface area contributed by atoms with E-state index in [1.54, 1.807) is 49.6 Å². The van der Waals surface area contributed by atoms with Crippen molar-refractivity contribution in [1.82, 2.24) is 4.90 Å². The summed E-state index contributed by atoms with van der Waals surface area (Å²) in [5.41, 5.74) is 0.625. The maximum atomic E-state index is 12.9. The molecule has 1 fully saturated rings. The number of anilines is 1. The van der Waals surface area contributed by atoms with Crippen LogP contribution in [0.3, 0.4) is 0 Å². The van der Waals surface area contributed by atoms with Gasteiger partial charge in [-0.3, -0.25) is 14.5 Å². The number of para-hydroxylation sites is 1. The van der Waals surface area contributed by atoms with Crippen LogP contribution in [0.5, 0.6) is 0 Å². The second-order valence-corrected chi connectivity index (χ2v) is 9.50. The largest absolute Gasteiger partial charge is 0.385 e. The second kappa shape index (κ2) is 10.6. The predicted molar refractivity (Wildman–Crippen MR) is 120 cm³/mol. The fraction of sp³-hybridized carbons (Fsp3) is 0.286. The Hall–Kier alpha value is -2.69. The van der Waals surface area contributed by atoms with Crippen LogP contribution in [-0.4, -0.2) is 55.8 Å². The number of amidine groups is 1. The van der Waals surface area contributed by atoms with Gasteiger partial charge >= 0.3 is 0 Å². The molecule has 1 heterocycles.